The molecule has 0 atom stereocenters. The standard InChI is InChI=1S/C39H30N2/c1-39(2)35-24-26(30-17-11-18-34-33-16-9-10-19-37(33)40-38(30)34)20-22-31(35)32-23-21-29(25-36(32)39)41(27-12-5-3-6-13-27)28-14-7-4-8-15-28/h3-25,40H,1-2H3. The van der Waals surface area contributed by atoms with Gasteiger partial charge in [0, 0.05) is 44.3 Å². The molecule has 1 heterocycles. The highest BCUT2D eigenvalue weighted by atomic mass is 15.1. The van der Waals surface area contributed by atoms with Gasteiger partial charge in [-0.1, -0.05) is 105 Å². The number of fused-ring (bicyclic) bond motifs is 6. The maximum absolute atomic E-state index is 3.70. The van der Waals surface area contributed by atoms with Gasteiger partial charge in [0.05, 0.1) is 5.52 Å². The summed E-state index contributed by atoms with van der Waals surface area (Å²) >= 11 is 0. The van der Waals surface area contributed by atoms with Crippen molar-refractivity contribution in [1.29, 1.82) is 0 Å². The predicted octanol–water partition coefficient (Wildman–Crippen LogP) is 10.8. The molecule has 0 saturated carbocycles. The second-order valence-corrected chi connectivity index (χ2v) is 11.5. The third-order valence-corrected chi connectivity index (χ3v) is 8.80. The van der Waals surface area contributed by atoms with Crippen LogP contribution >= 0.6 is 0 Å². The van der Waals surface area contributed by atoms with Crippen LogP contribution in [-0.4, -0.2) is 4.98 Å². The Labute approximate surface area is 240 Å². The van der Waals surface area contributed by atoms with Gasteiger partial charge in [0.1, 0.15) is 0 Å². The first-order valence-corrected chi connectivity index (χ1v) is 14.3. The lowest BCUT2D eigenvalue weighted by Crippen LogP contribution is -2.16. The number of H-pyrrole nitrogens is 1. The molecule has 8 rings (SSSR count). The highest BCUT2D eigenvalue weighted by Gasteiger charge is 2.36. The van der Waals surface area contributed by atoms with Crippen LogP contribution in [0.15, 0.2) is 140 Å². The minimum absolute atomic E-state index is 0.135. The summed E-state index contributed by atoms with van der Waals surface area (Å²) in [6.45, 7) is 4.73. The number of benzene rings is 6. The summed E-state index contributed by atoms with van der Waals surface area (Å²) in [6.07, 6.45) is 0. The van der Waals surface area contributed by atoms with Crippen LogP contribution in [0.2, 0.25) is 0 Å². The summed E-state index contributed by atoms with van der Waals surface area (Å²) in [7, 11) is 0. The van der Waals surface area contributed by atoms with Crippen molar-refractivity contribution >= 4 is 38.9 Å². The molecule has 2 heteroatoms. The van der Waals surface area contributed by atoms with Gasteiger partial charge in [-0.05, 0) is 76.3 Å². The number of para-hydroxylation sites is 4. The Kier molecular flexibility index (Phi) is 5.20. The summed E-state index contributed by atoms with van der Waals surface area (Å²) in [5, 5.41) is 2.54. The molecule has 0 radical (unpaired) electrons. The molecule has 0 saturated heterocycles. The topological polar surface area (TPSA) is 19.0 Å². The summed E-state index contributed by atoms with van der Waals surface area (Å²) < 4.78 is 0. The largest absolute Gasteiger partial charge is 0.354 e. The van der Waals surface area contributed by atoms with Gasteiger partial charge in [0.25, 0.3) is 0 Å². The Morgan fingerprint density at radius 3 is 1.83 bits per heavy atom. The van der Waals surface area contributed by atoms with Crippen molar-refractivity contribution in [1.82, 2.24) is 4.98 Å². The fourth-order valence-corrected chi connectivity index (χ4v) is 6.75. The first-order chi connectivity index (χ1) is 20.1. The molecule has 0 unspecified atom stereocenters. The zero-order chi connectivity index (χ0) is 27.6. The van der Waals surface area contributed by atoms with E-state index >= 15 is 0 Å². The van der Waals surface area contributed by atoms with Crippen LogP contribution in [0.1, 0.15) is 25.0 Å². The fourth-order valence-electron chi connectivity index (χ4n) is 6.75. The van der Waals surface area contributed by atoms with E-state index in [-0.39, 0.29) is 5.41 Å². The Morgan fingerprint density at radius 1 is 0.488 bits per heavy atom. The molecule has 1 aliphatic rings. The van der Waals surface area contributed by atoms with Crippen LogP contribution in [0, 0.1) is 0 Å². The minimum atomic E-state index is -0.135. The van der Waals surface area contributed by atoms with Crippen LogP contribution < -0.4 is 4.90 Å². The quantitative estimate of drug-likeness (QED) is 0.242. The van der Waals surface area contributed by atoms with Crippen LogP contribution in [-0.2, 0) is 5.41 Å². The van der Waals surface area contributed by atoms with Crippen LogP contribution in [0.25, 0.3) is 44.1 Å². The van der Waals surface area contributed by atoms with E-state index in [1.165, 1.54) is 60.9 Å². The molecule has 7 aromatic rings. The molecule has 1 aliphatic carbocycles. The normalized spacial score (nSPS) is 13.3. The second kappa shape index (κ2) is 8.97. The van der Waals surface area contributed by atoms with E-state index in [4.69, 9.17) is 0 Å². The van der Waals surface area contributed by atoms with Crippen molar-refractivity contribution in [2.75, 3.05) is 4.90 Å². The molecule has 6 aromatic carbocycles. The molecule has 0 fully saturated rings. The van der Waals surface area contributed by atoms with Crippen LogP contribution in [0.3, 0.4) is 0 Å². The molecule has 0 spiro atoms. The molecule has 2 nitrogen and oxygen atoms in total. The van der Waals surface area contributed by atoms with Crippen molar-refractivity contribution in [3.8, 4) is 22.3 Å². The van der Waals surface area contributed by atoms with E-state index in [0.717, 1.165) is 11.4 Å². The zero-order valence-corrected chi connectivity index (χ0v) is 23.2. The number of anilines is 3. The summed E-state index contributed by atoms with van der Waals surface area (Å²) in [4.78, 5) is 6.04. The number of aromatic nitrogens is 1. The van der Waals surface area contributed by atoms with Crippen molar-refractivity contribution in [2.24, 2.45) is 0 Å². The third kappa shape index (κ3) is 3.64. The van der Waals surface area contributed by atoms with Crippen molar-refractivity contribution in [2.45, 2.75) is 19.3 Å². The lowest BCUT2D eigenvalue weighted by atomic mass is 9.81. The van der Waals surface area contributed by atoms with E-state index in [1.807, 2.05) is 0 Å². The fraction of sp³-hybridized carbons (Fsp3) is 0.0769. The van der Waals surface area contributed by atoms with Crippen molar-refractivity contribution in [3.05, 3.63) is 151 Å². The van der Waals surface area contributed by atoms with Crippen LogP contribution in [0.5, 0.6) is 0 Å². The Hall–Kier alpha value is -5.08. The van der Waals surface area contributed by atoms with Crippen molar-refractivity contribution in [3.63, 3.8) is 0 Å². The molecule has 196 valence electrons. The van der Waals surface area contributed by atoms with Gasteiger partial charge >= 0.3 is 0 Å². The van der Waals surface area contributed by atoms with Gasteiger partial charge in [-0.2, -0.15) is 0 Å². The molecule has 1 N–H and O–H groups in total. The Morgan fingerprint density at radius 2 is 1.10 bits per heavy atom. The van der Waals surface area contributed by atoms with Crippen LogP contribution in [0.4, 0.5) is 17.1 Å². The third-order valence-electron chi connectivity index (χ3n) is 8.80. The molecule has 0 amide bonds. The van der Waals surface area contributed by atoms with Gasteiger partial charge in [0.2, 0.25) is 0 Å². The average molecular weight is 527 g/mol. The van der Waals surface area contributed by atoms with E-state index in [9.17, 15) is 0 Å². The zero-order valence-electron chi connectivity index (χ0n) is 23.2. The van der Waals surface area contributed by atoms with E-state index in [1.54, 1.807) is 0 Å². The molecular weight excluding hydrogens is 496 g/mol. The molecule has 1 aromatic heterocycles. The van der Waals surface area contributed by atoms with E-state index in [2.05, 4.69) is 163 Å². The minimum Gasteiger partial charge on any atom is -0.354 e. The predicted molar refractivity (Wildman–Crippen MR) is 173 cm³/mol. The number of nitrogens with zero attached hydrogens (tertiary/aromatic N) is 1. The van der Waals surface area contributed by atoms with E-state index < -0.39 is 0 Å². The number of aromatic amines is 1. The van der Waals surface area contributed by atoms with E-state index in [0.29, 0.717) is 0 Å². The summed E-state index contributed by atoms with van der Waals surface area (Å²) in [6, 6.07) is 50.5. The van der Waals surface area contributed by atoms with Gasteiger partial charge in [0.15, 0.2) is 0 Å². The number of rotatable bonds is 4. The van der Waals surface area contributed by atoms with Gasteiger partial charge in [-0.15, -0.1) is 0 Å². The lowest BCUT2D eigenvalue weighted by Gasteiger charge is -2.28. The first kappa shape index (κ1) is 23.8. The maximum Gasteiger partial charge on any atom is 0.0544 e. The summed E-state index contributed by atoms with van der Waals surface area (Å²) in [5.74, 6) is 0. The monoisotopic (exact) mass is 526 g/mol. The second-order valence-electron chi connectivity index (χ2n) is 11.5. The molecular formula is C39H30N2. The highest BCUT2D eigenvalue weighted by Crippen LogP contribution is 2.51. The number of hydrogen-bond acceptors (Lipinski definition) is 1. The smallest absolute Gasteiger partial charge is 0.0544 e. The number of hydrogen-bond donors (Lipinski definition) is 1. The van der Waals surface area contributed by atoms with Crippen molar-refractivity contribution < 1.29 is 0 Å². The van der Waals surface area contributed by atoms with Gasteiger partial charge in [-0.3, -0.25) is 0 Å². The first-order valence-electron chi connectivity index (χ1n) is 14.3. The Balaban J connectivity index is 1.26. The SMILES string of the molecule is CC1(C)c2cc(-c3cccc4c3[nH]c3ccccc34)ccc2-c2ccc(N(c3ccccc3)c3ccccc3)cc21. The highest BCUT2D eigenvalue weighted by molar-refractivity contribution is 6.12. The van der Waals surface area contributed by atoms with Gasteiger partial charge in [-0.25, -0.2) is 0 Å². The molecule has 0 bridgehead atoms. The lowest BCUT2D eigenvalue weighted by molar-refractivity contribution is 0.660. The molecule has 0 aliphatic heterocycles. The summed E-state index contributed by atoms with van der Waals surface area (Å²) in [5.41, 5.74) is 13.6. The van der Waals surface area contributed by atoms with Gasteiger partial charge < -0.3 is 9.88 Å². The molecule has 41 heavy (non-hydrogen) atoms. The maximum atomic E-state index is 3.70. The number of nitrogens with one attached hydrogen (secondary N) is 1. The average Bonchev–Trinajstić information content (AvgIpc) is 3.51. The Bertz CT molecular complexity index is 2030.